The number of hydrogen-bond donors (Lipinski definition) is 0. The second-order valence-corrected chi connectivity index (χ2v) is 5.51. The summed E-state index contributed by atoms with van der Waals surface area (Å²) >= 11 is 4.41. The molecule has 1 saturated heterocycles. The van der Waals surface area contributed by atoms with E-state index in [1.807, 2.05) is 0 Å². The van der Waals surface area contributed by atoms with Crippen molar-refractivity contribution in [3.05, 3.63) is 0 Å². The normalized spacial score (nSPS) is 26.9. The zero-order chi connectivity index (χ0) is 9.35. The molecule has 70 valence electrons. The van der Waals surface area contributed by atoms with E-state index in [0.717, 1.165) is 0 Å². The molecule has 1 aliphatic heterocycles. The maximum atomic E-state index is 11.0. The van der Waals surface area contributed by atoms with Crippen LogP contribution in [0.2, 0.25) is 0 Å². The van der Waals surface area contributed by atoms with E-state index >= 15 is 0 Å². The molecule has 6 heteroatoms. The maximum absolute atomic E-state index is 11.0. The quantitative estimate of drug-likeness (QED) is 0.559. The third kappa shape index (κ3) is 2.07. The summed E-state index contributed by atoms with van der Waals surface area (Å²) in [6.07, 6.45) is 0.515. The van der Waals surface area contributed by atoms with Gasteiger partial charge in [-0.2, -0.15) is 0 Å². The van der Waals surface area contributed by atoms with E-state index in [-0.39, 0.29) is 17.5 Å². The molecular formula is C6H10NO3S2-. The Balaban J connectivity index is 2.64. The number of hydrogen-bond acceptors (Lipinski definition) is 4. The molecule has 0 aliphatic carbocycles. The van der Waals surface area contributed by atoms with E-state index in [9.17, 15) is 13.2 Å². The highest BCUT2D eigenvalue weighted by atomic mass is 32.2. The smallest absolute Gasteiger partial charge is 0.152 e. The molecule has 1 rings (SSSR count). The van der Waals surface area contributed by atoms with Crippen LogP contribution < -0.4 is 0 Å². The lowest BCUT2D eigenvalue weighted by Gasteiger charge is -2.26. The van der Waals surface area contributed by atoms with Gasteiger partial charge in [0, 0.05) is 13.1 Å². The van der Waals surface area contributed by atoms with Gasteiger partial charge >= 0.3 is 0 Å². The second-order valence-electron chi connectivity index (χ2n) is 2.93. The van der Waals surface area contributed by atoms with Gasteiger partial charge in [0.05, 0.1) is 11.5 Å². The molecule has 0 aromatic rings. The Kier molecular flexibility index (Phi) is 2.58. The highest BCUT2D eigenvalue weighted by Crippen LogP contribution is 2.16. The molecule has 0 aromatic carbocycles. The average Bonchev–Trinajstić information content (AvgIpc) is 2.28. The van der Waals surface area contributed by atoms with Crippen molar-refractivity contribution < 1.29 is 13.2 Å². The van der Waals surface area contributed by atoms with Gasteiger partial charge in [-0.1, -0.05) is 0 Å². The molecule has 0 saturated carbocycles. The van der Waals surface area contributed by atoms with E-state index in [4.69, 9.17) is 0 Å². The maximum Gasteiger partial charge on any atom is 0.152 e. The van der Waals surface area contributed by atoms with Gasteiger partial charge in [-0.3, -0.25) is 0 Å². The summed E-state index contributed by atoms with van der Waals surface area (Å²) in [6, 6.07) is -0.208. The Morgan fingerprint density at radius 1 is 1.58 bits per heavy atom. The van der Waals surface area contributed by atoms with Gasteiger partial charge in [-0.25, -0.2) is 8.42 Å². The average molecular weight is 208 g/mol. The van der Waals surface area contributed by atoms with Crippen molar-refractivity contribution in [2.24, 2.45) is 0 Å². The first kappa shape index (κ1) is 9.73. The van der Waals surface area contributed by atoms with Crippen LogP contribution in [0, 0.1) is 0 Å². The molecule has 12 heavy (non-hydrogen) atoms. The number of rotatable bonds is 1. The molecular weight excluding hydrogens is 198 g/mol. The molecule has 0 bridgehead atoms. The van der Waals surface area contributed by atoms with Crippen LogP contribution in [-0.4, -0.2) is 43.2 Å². The monoisotopic (exact) mass is 208 g/mol. The van der Waals surface area contributed by atoms with Crippen molar-refractivity contribution in [3.8, 4) is 0 Å². The minimum Gasteiger partial charge on any atom is -0.719 e. The predicted octanol–water partition coefficient (Wildman–Crippen LogP) is -0.228. The van der Waals surface area contributed by atoms with E-state index in [2.05, 4.69) is 12.6 Å². The lowest BCUT2D eigenvalue weighted by Crippen LogP contribution is -2.35. The summed E-state index contributed by atoms with van der Waals surface area (Å²) in [6.45, 7) is 0. The van der Waals surface area contributed by atoms with E-state index in [1.54, 1.807) is 7.05 Å². The molecule has 0 aromatic heterocycles. The van der Waals surface area contributed by atoms with Crippen LogP contribution in [0.5, 0.6) is 0 Å². The predicted molar refractivity (Wildman–Crippen MR) is 47.6 cm³/mol. The van der Waals surface area contributed by atoms with E-state index < -0.39 is 15.1 Å². The van der Waals surface area contributed by atoms with Crippen molar-refractivity contribution in [2.45, 2.75) is 12.5 Å². The lowest BCUT2D eigenvalue weighted by atomic mass is 10.2. The van der Waals surface area contributed by atoms with Crippen molar-refractivity contribution in [1.29, 1.82) is 0 Å². The number of amides is 1. The number of carbonyl (C=O) groups is 1. The van der Waals surface area contributed by atoms with Crippen molar-refractivity contribution in [1.82, 2.24) is 4.90 Å². The second kappa shape index (κ2) is 3.18. The molecule has 1 heterocycles. The van der Waals surface area contributed by atoms with Gasteiger partial charge in [-0.05, 0) is 6.42 Å². The van der Waals surface area contributed by atoms with Crippen LogP contribution in [0.25, 0.3) is 0 Å². The third-order valence-electron chi connectivity index (χ3n) is 2.04. The molecule has 0 radical (unpaired) electrons. The molecule has 1 fully saturated rings. The van der Waals surface area contributed by atoms with E-state index in [0.29, 0.717) is 6.42 Å². The Bertz CT molecular complexity index is 285. The van der Waals surface area contributed by atoms with Gasteiger partial charge < -0.3 is 22.3 Å². The highest BCUT2D eigenvalue weighted by molar-refractivity contribution is 7.91. The summed E-state index contributed by atoms with van der Waals surface area (Å²) in [5.74, 6) is 0.233. The standard InChI is InChI=1S/C6H11NO3S2/c1-7(6(8)11)5-2-3-12(9,10)4-5/h5H,2-4H2,1H3,(H,8,11)/p-1/t5-/m0/s1. The zero-order valence-electron chi connectivity index (χ0n) is 6.69. The number of nitrogens with zero attached hydrogens (tertiary/aromatic N) is 1. The summed E-state index contributed by atoms with van der Waals surface area (Å²) in [7, 11) is -1.37. The summed E-state index contributed by atoms with van der Waals surface area (Å²) in [5, 5.41) is -0.489. The number of sulfone groups is 1. The van der Waals surface area contributed by atoms with Crippen molar-refractivity contribution in [3.63, 3.8) is 0 Å². The Labute approximate surface area is 77.3 Å². The van der Waals surface area contributed by atoms with Gasteiger partial charge in [-0.15, -0.1) is 0 Å². The van der Waals surface area contributed by atoms with Crippen LogP contribution in [0.3, 0.4) is 0 Å². The molecule has 4 nitrogen and oxygen atoms in total. The lowest BCUT2D eigenvalue weighted by molar-refractivity contribution is 0.220. The third-order valence-corrected chi connectivity index (χ3v) is 4.08. The fraction of sp³-hybridized carbons (Fsp3) is 0.833. The molecule has 0 unspecified atom stereocenters. The first-order valence-corrected chi connectivity index (χ1v) is 5.79. The largest absolute Gasteiger partial charge is 0.719 e. The Morgan fingerprint density at radius 3 is 2.50 bits per heavy atom. The molecule has 1 aliphatic rings. The van der Waals surface area contributed by atoms with Gasteiger partial charge in [0.1, 0.15) is 5.24 Å². The molecule has 1 atom stereocenters. The first-order chi connectivity index (χ1) is 5.42. The number of carbonyl (C=O) groups excluding carboxylic acids is 1. The Hall–Kier alpha value is -0.360. The van der Waals surface area contributed by atoms with Crippen LogP contribution in [0.15, 0.2) is 0 Å². The SMILES string of the molecule is CN(C(=O)[S-])[C@H]1CCS(=O)(=O)C1. The highest BCUT2D eigenvalue weighted by Gasteiger charge is 2.30. The summed E-state index contributed by atoms with van der Waals surface area (Å²) in [4.78, 5) is 12.0. The first-order valence-electron chi connectivity index (χ1n) is 3.56. The minimum absolute atomic E-state index is 0.0614. The molecule has 1 amide bonds. The van der Waals surface area contributed by atoms with Gasteiger partial charge in [0.15, 0.2) is 9.84 Å². The van der Waals surface area contributed by atoms with Gasteiger partial charge in [0.2, 0.25) is 0 Å². The molecule has 0 N–H and O–H groups in total. The summed E-state index contributed by atoms with van der Waals surface area (Å²) in [5.41, 5.74) is 0. The van der Waals surface area contributed by atoms with Crippen LogP contribution in [0.1, 0.15) is 6.42 Å². The summed E-state index contributed by atoms with van der Waals surface area (Å²) < 4.78 is 22.0. The van der Waals surface area contributed by atoms with Crippen molar-refractivity contribution >= 4 is 27.7 Å². The van der Waals surface area contributed by atoms with Crippen LogP contribution in [0.4, 0.5) is 4.79 Å². The van der Waals surface area contributed by atoms with Crippen LogP contribution >= 0.6 is 0 Å². The Morgan fingerprint density at radius 2 is 2.17 bits per heavy atom. The molecule has 0 spiro atoms. The van der Waals surface area contributed by atoms with Crippen molar-refractivity contribution in [2.75, 3.05) is 18.6 Å². The zero-order valence-corrected chi connectivity index (χ0v) is 8.32. The fourth-order valence-electron chi connectivity index (χ4n) is 1.23. The topological polar surface area (TPSA) is 54.5 Å². The fourth-order valence-corrected chi connectivity index (χ4v) is 3.15. The van der Waals surface area contributed by atoms with Gasteiger partial charge in [0.25, 0.3) is 0 Å². The van der Waals surface area contributed by atoms with Crippen LogP contribution in [-0.2, 0) is 22.5 Å². The minimum atomic E-state index is -2.91. The van der Waals surface area contributed by atoms with E-state index in [1.165, 1.54) is 4.90 Å².